The predicted octanol–water partition coefficient (Wildman–Crippen LogP) is 3.82. The van der Waals surface area contributed by atoms with Crippen LogP contribution in [0.15, 0.2) is 42.7 Å². The lowest BCUT2D eigenvalue weighted by Crippen LogP contribution is -2.24. The Morgan fingerprint density at radius 2 is 1.97 bits per heavy atom. The zero-order valence-electron chi connectivity index (χ0n) is 16.5. The summed E-state index contributed by atoms with van der Waals surface area (Å²) < 4.78 is 2.06. The van der Waals surface area contributed by atoms with Gasteiger partial charge in [0.05, 0.1) is 6.54 Å². The fourth-order valence-electron chi connectivity index (χ4n) is 4.13. The summed E-state index contributed by atoms with van der Waals surface area (Å²) in [5.41, 5.74) is 2.94. The first-order chi connectivity index (χ1) is 14.7. The number of anilines is 1. The third kappa shape index (κ3) is 3.01. The number of rotatable bonds is 6. The van der Waals surface area contributed by atoms with Gasteiger partial charge < -0.3 is 4.57 Å². The van der Waals surface area contributed by atoms with Gasteiger partial charge in [-0.05, 0) is 61.4 Å². The lowest BCUT2D eigenvalue weighted by atomic mass is 10.0. The molecule has 7 nitrogen and oxygen atoms in total. The topological polar surface area (TPSA) is 81.0 Å². The van der Waals surface area contributed by atoms with Crippen molar-refractivity contribution in [3.63, 3.8) is 0 Å². The van der Waals surface area contributed by atoms with Gasteiger partial charge in [-0.15, -0.1) is 10.2 Å². The number of Topliss-reactive ketones (excluding diaryl/α,β-unsaturated/α-hetero) is 1. The molecule has 0 unspecified atom stereocenters. The number of fused-ring (bicyclic) bond motifs is 1. The Morgan fingerprint density at radius 1 is 1.10 bits per heavy atom. The van der Waals surface area contributed by atoms with E-state index in [1.165, 1.54) is 0 Å². The van der Waals surface area contributed by atoms with Crippen molar-refractivity contribution in [1.82, 2.24) is 19.7 Å². The summed E-state index contributed by atoms with van der Waals surface area (Å²) in [4.78, 5) is 31.9. The van der Waals surface area contributed by atoms with Crippen molar-refractivity contribution in [3.05, 3.63) is 59.4 Å². The number of nitrogens with zero attached hydrogens (tertiary/aromatic N) is 5. The molecule has 2 saturated carbocycles. The van der Waals surface area contributed by atoms with Gasteiger partial charge in [-0.3, -0.25) is 14.5 Å². The molecular formula is C23H21N5O2. The van der Waals surface area contributed by atoms with Gasteiger partial charge in [-0.25, -0.2) is 4.98 Å². The van der Waals surface area contributed by atoms with Crippen LogP contribution in [-0.2, 0) is 6.54 Å². The highest BCUT2D eigenvalue weighted by Crippen LogP contribution is 2.38. The molecule has 0 radical (unpaired) electrons. The van der Waals surface area contributed by atoms with Crippen LogP contribution in [0.25, 0.3) is 11.5 Å². The SMILES string of the molecule is O=C(CC1CC1)c1ccc2c(c1)CN(c1cccc(-c3nncn3C3CC3)n1)C2=O. The van der Waals surface area contributed by atoms with Gasteiger partial charge in [-0.1, -0.05) is 12.1 Å². The number of carbonyl (C=O) groups excluding carboxylic acids is 2. The standard InChI is InChI=1S/C23H21N5O2/c29-20(10-14-4-5-14)15-6-9-18-16(11-15)12-27(23(18)30)21-3-1-2-19(25-21)22-26-24-13-28(22)17-7-8-17/h1-3,6,9,11,13-14,17H,4-5,7-8,10,12H2. The van der Waals surface area contributed by atoms with Crippen molar-refractivity contribution in [2.75, 3.05) is 4.90 Å². The number of hydrogen-bond donors (Lipinski definition) is 0. The highest BCUT2D eigenvalue weighted by molar-refractivity contribution is 6.10. The van der Waals surface area contributed by atoms with Crippen LogP contribution in [0.2, 0.25) is 0 Å². The summed E-state index contributed by atoms with van der Waals surface area (Å²) in [6, 6.07) is 11.5. The van der Waals surface area contributed by atoms with Crippen LogP contribution < -0.4 is 4.90 Å². The molecule has 3 heterocycles. The summed E-state index contributed by atoms with van der Waals surface area (Å²) in [7, 11) is 0. The summed E-state index contributed by atoms with van der Waals surface area (Å²) in [5.74, 6) is 1.96. The van der Waals surface area contributed by atoms with Crippen molar-refractivity contribution in [2.24, 2.45) is 5.92 Å². The van der Waals surface area contributed by atoms with Crippen molar-refractivity contribution in [3.8, 4) is 11.5 Å². The van der Waals surface area contributed by atoms with Gasteiger partial charge in [0.25, 0.3) is 5.91 Å². The second-order valence-electron chi connectivity index (χ2n) is 8.51. The van der Waals surface area contributed by atoms with Crippen molar-refractivity contribution >= 4 is 17.5 Å². The highest BCUT2D eigenvalue weighted by atomic mass is 16.2. The molecule has 6 rings (SSSR count). The number of amides is 1. The molecule has 2 aliphatic carbocycles. The molecule has 7 heteroatoms. The maximum atomic E-state index is 13.0. The third-order valence-electron chi connectivity index (χ3n) is 6.16. The molecule has 0 saturated heterocycles. The maximum absolute atomic E-state index is 13.0. The van der Waals surface area contributed by atoms with Gasteiger partial charge in [0, 0.05) is 23.6 Å². The number of aromatic nitrogens is 4. The van der Waals surface area contributed by atoms with Gasteiger partial charge >= 0.3 is 0 Å². The van der Waals surface area contributed by atoms with Gasteiger partial charge in [0.1, 0.15) is 17.8 Å². The number of benzene rings is 1. The molecule has 3 aromatic rings. The summed E-state index contributed by atoms with van der Waals surface area (Å²) >= 11 is 0. The Kier molecular flexibility index (Phi) is 3.84. The second-order valence-corrected chi connectivity index (χ2v) is 8.51. The van der Waals surface area contributed by atoms with Crippen LogP contribution in [0.5, 0.6) is 0 Å². The van der Waals surface area contributed by atoms with E-state index in [1.54, 1.807) is 23.4 Å². The van der Waals surface area contributed by atoms with E-state index in [2.05, 4.69) is 14.8 Å². The molecule has 1 aromatic carbocycles. The minimum atomic E-state index is -0.0838. The Bertz CT molecular complexity index is 1180. The zero-order valence-corrected chi connectivity index (χ0v) is 16.5. The van der Waals surface area contributed by atoms with E-state index in [-0.39, 0.29) is 11.7 Å². The molecule has 0 spiro atoms. The molecule has 2 aromatic heterocycles. The Balaban J connectivity index is 1.28. The lowest BCUT2D eigenvalue weighted by Gasteiger charge is -2.15. The summed E-state index contributed by atoms with van der Waals surface area (Å²) in [6.45, 7) is 0.421. The molecule has 1 aliphatic heterocycles. The molecule has 0 atom stereocenters. The van der Waals surface area contributed by atoms with Crippen molar-refractivity contribution < 1.29 is 9.59 Å². The molecule has 0 N–H and O–H groups in total. The monoisotopic (exact) mass is 399 g/mol. The van der Waals surface area contributed by atoms with Crippen LogP contribution in [0.1, 0.15) is 64.4 Å². The van der Waals surface area contributed by atoms with E-state index < -0.39 is 0 Å². The fraction of sp³-hybridized carbons (Fsp3) is 0.348. The first-order valence-corrected chi connectivity index (χ1v) is 10.5. The number of carbonyl (C=O) groups is 2. The highest BCUT2D eigenvalue weighted by Gasteiger charge is 2.32. The first-order valence-electron chi connectivity index (χ1n) is 10.5. The average Bonchev–Trinajstić information content (AvgIpc) is 3.70. The second kappa shape index (κ2) is 6.58. The van der Waals surface area contributed by atoms with E-state index in [9.17, 15) is 9.59 Å². The van der Waals surface area contributed by atoms with E-state index in [0.717, 1.165) is 37.1 Å². The van der Waals surface area contributed by atoms with E-state index in [1.807, 2.05) is 24.3 Å². The molecular weight excluding hydrogens is 378 g/mol. The summed E-state index contributed by atoms with van der Waals surface area (Å²) in [6.07, 6.45) is 6.93. The van der Waals surface area contributed by atoms with Crippen LogP contribution in [0.4, 0.5) is 5.82 Å². The van der Waals surface area contributed by atoms with E-state index in [0.29, 0.717) is 47.6 Å². The molecule has 30 heavy (non-hydrogen) atoms. The molecule has 3 aliphatic rings. The molecule has 1 amide bonds. The van der Waals surface area contributed by atoms with Crippen LogP contribution in [0.3, 0.4) is 0 Å². The fourth-order valence-corrected chi connectivity index (χ4v) is 4.13. The molecule has 0 bridgehead atoms. The average molecular weight is 399 g/mol. The zero-order chi connectivity index (χ0) is 20.2. The Morgan fingerprint density at radius 3 is 2.77 bits per heavy atom. The predicted molar refractivity (Wildman–Crippen MR) is 110 cm³/mol. The number of ketones is 1. The Labute approximate surface area is 173 Å². The molecule has 2 fully saturated rings. The van der Waals surface area contributed by atoms with Crippen LogP contribution >= 0.6 is 0 Å². The van der Waals surface area contributed by atoms with Crippen LogP contribution in [-0.4, -0.2) is 31.4 Å². The van der Waals surface area contributed by atoms with Crippen LogP contribution in [0, 0.1) is 5.92 Å². The van der Waals surface area contributed by atoms with Gasteiger partial charge in [0.15, 0.2) is 11.6 Å². The van der Waals surface area contributed by atoms with Gasteiger partial charge in [0.2, 0.25) is 0 Å². The quantitative estimate of drug-likeness (QED) is 0.589. The van der Waals surface area contributed by atoms with Crippen molar-refractivity contribution in [1.29, 1.82) is 0 Å². The third-order valence-corrected chi connectivity index (χ3v) is 6.16. The minimum absolute atomic E-state index is 0.0838. The number of hydrogen-bond acceptors (Lipinski definition) is 5. The van der Waals surface area contributed by atoms with Gasteiger partial charge in [-0.2, -0.15) is 0 Å². The Hall–Kier alpha value is -3.35. The molecule has 150 valence electrons. The normalized spacial score (nSPS) is 18.0. The minimum Gasteiger partial charge on any atom is -0.309 e. The number of pyridine rings is 1. The first kappa shape index (κ1) is 17.5. The lowest BCUT2D eigenvalue weighted by molar-refractivity contribution is 0.0972. The van der Waals surface area contributed by atoms with Crippen molar-refractivity contribution in [2.45, 2.75) is 44.7 Å². The summed E-state index contributed by atoms with van der Waals surface area (Å²) in [5, 5.41) is 8.29. The van der Waals surface area contributed by atoms with E-state index in [4.69, 9.17) is 4.98 Å². The van der Waals surface area contributed by atoms with E-state index >= 15 is 0 Å². The smallest absolute Gasteiger partial charge is 0.260 e. The maximum Gasteiger partial charge on any atom is 0.260 e. The largest absolute Gasteiger partial charge is 0.309 e.